The minimum absolute atomic E-state index is 0.0707. The van der Waals surface area contributed by atoms with E-state index in [1.165, 1.54) is 5.56 Å². The quantitative estimate of drug-likeness (QED) is 0.918. The number of aryl methyl sites for hydroxylation is 2. The molecule has 1 aliphatic rings. The maximum atomic E-state index is 12.2. The molecule has 2 heterocycles. The summed E-state index contributed by atoms with van der Waals surface area (Å²) >= 11 is 0. The monoisotopic (exact) mass is 336 g/mol. The van der Waals surface area contributed by atoms with Crippen molar-refractivity contribution in [2.75, 3.05) is 19.6 Å². The molecule has 0 radical (unpaired) electrons. The molecule has 0 unspecified atom stereocenters. The Morgan fingerprint density at radius 1 is 1.50 bits per heavy atom. The number of hydrogen-bond acceptors (Lipinski definition) is 4. The number of aromatic nitrogens is 2. The van der Waals surface area contributed by atoms with Crippen molar-refractivity contribution in [1.82, 2.24) is 20.0 Å². The zero-order chi connectivity index (χ0) is 18.1. The fraction of sp³-hybridized carbons (Fsp3) is 0.778. The summed E-state index contributed by atoms with van der Waals surface area (Å²) in [5, 5.41) is 8.02. The van der Waals surface area contributed by atoms with Crippen molar-refractivity contribution in [2.24, 2.45) is 12.5 Å². The van der Waals surface area contributed by atoms with Gasteiger partial charge in [0.25, 0.3) is 0 Å². The molecule has 6 nitrogen and oxygen atoms in total. The average molecular weight is 336 g/mol. The summed E-state index contributed by atoms with van der Waals surface area (Å²) in [5.41, 5.74) is 1.91. The number of amides is 1. The van der Waals surface area contributed by atoms with E-state index in [4.69, 9.17) is 4.74 Å². The maximum Gasteiger partial charge on any atom is 0.410 e. The molecule has 2 rings (SSSR count). The second-order valence-electron chi connectivity index (χ2n) is 8.41. The van der Waals surface area contributed by atoms with Gasteiger partial charge in [0.2, 0.25) is 0 Å². The van der Waals surface area contributed by atoms with Crippen molar-refractivity contribution in [3.63, 3.8) is 0 Å². The first kappa shape index (κ1) is 18.8. The minimum atomic E-state index is -0.444. The number of rotatable bonds is 4. The predicted octanol–water partition coefficient (Wildman–Crippen LogP) is 3.03. The van der Waals surface area contributed by atoms with Crippen LogP contribution in [-0.2, 0) is 11.8 Å². The topological polar surface area (TPSA) is 59.4 Å². The first-order valence-corrected chi connectivity index (χ1v) is 8.71. The smallest absolute Gasteiger partial charge is 0.410 e. The molecule has 6 heteroatoms. The van der Waals surface area contributed by atoms with Gasteiger partial charge in [-0.3, -0.25) is 4.68 Å². The van der Waals surface area contributed by atoms with Crippen molar-refractivity contribution in [3.8, 4) is 0 Å². The Bertz CT molecular complexity index is 590. The van der Waals surface area contributed by atoms with Crippen molar-refractivity contribution in [1.29, 1.82) is 0 Å². The predicted molar refractivity (Wildman–Crippen MR) is 94.9 cm³/mol. The Hall–Kier alpha value is -1.56. The number of ether oxygens (including phenoxy) is 1. The maximum absolute atomic E-state index is 12.2. The molecule has 1 amide bonds. The Morgan fingerprint density at radius 3 is 2.71 bits per heavy atom. The highest BCUT2D eigenvalue weighted by atomic mass is 16.6. The summed E-state index contributed by atoms with van der Waals surface area (Å²) in [6.45, 7) is 14.5. The third-order valence-corrected chi connectivity index (χ3v) is 4.56. The van der Waals surface area contributed by atoms with Crippen LogP contribution in [-0.4, -0.2) is 46.0 Å². The number of likely N-dealkylation sites (tertiary alicyclic amines) is 1. The highest BCUT2D eigenvalue weighted by Crippen LogP contribution is 2.31. The van der Waals surface area contributed by atoms with E-state index in [0.29, 0.717) is 0 Å². The molecule has 136 valence electrons. The van der Waals surface area contributed by atoms with E-state index >= 15 is 0 Å². The highest BCUT2D eigenvalue weighted by Gasteiger charge is 2.37. The van der Waals surface area contributed by atoms with Crippen LogP contribution in [0, 0.1) is 12.3 Å². The van der Waals surface area contributed by atoms with E-state index in [0.717, 1.165) is 31.7 Å². The lowest BCUT2D eigenvalue weighted by Gasteiger charge is -2.28. The molecule has 1 fully saturated rings. The van der Waals surface area contributed by atoms with E-state index in [9.17, 15) is 4.79 Å². The molecular formula is C18H32N4O2. The summed E-state index contributed by atoms with van der Waals surface area (Å²) < 4.78 is 7.34. The SMILES string of the molecule is Cc1nn(C)cc1[C@H](C)NC[C@@]1(C)CCN(C(=O)OC(C)(C)C)C1. The molecular weight excluding hydrogens is 304 g/mol. The van der Waals surface area contributed by atoms with Gasteiger partial charge in [0, 0.05) is 44.5 Å². The summed E-state index contributed by atoms with van der Waals surface area (Å²) in [6.07, 6.45) is 2.84. The molecule has 0 bridgehead atoms. The molecule has 1 aromatic rings. The van der Waals surface area contributed by atoms with Crippen LogP contribution in [0.4, 0.5) is 4.79 Å². The molecule has 1 aromatic heterocycles. The number of carbonyl (C=O) groups is 1. The minimum Gasteiger partial charge on any atom is -0.444 e. The Kier molecular flexibility index (Phi) is 5.28. The first-order valence-electron chi connectivity index (χ1n) is 8.71. The second kappa shape index (κ2) is 6.75. The van der Waals surface area contributed by atoms with Gasteiger partial charge in [0.05, 0.1) is 5.69 Å². The molecule has 24 heavy (non-hydrogen) atoms. The van der Waals surface area contributed by atoms with Crippen LogP contribution in [0.5, 0.6) is 0 Å². The van der Waals surface area contributed by atoms with E-state index in [1.54, 1.807) is 0 Å². The number of carbonyl (C=O) groups excluding carboxylic acids is 1. The zero-order valence-corrected chi connectivity index (χ0v) is 16.1. The Morgan fingerprint density at radius 2 is 2.17 bits per heavy atom. The lowest BCUT2D eigenvalue weighted by Crippen LogP contribution is -2.39. The van der Waals surface area contributed by atoms with Crippen LogP contribution < -0.4 is 5.32 Å². The van der Waals surface area contributed by atoms with Gasteiger partial charge in [-0.1, -0.05) is 6.92 Å². The molecule has 1 aliphatic heterocycles. The molecule has 0 aliphatic carbocycles. The summed E-state index contributed by atoms with van der Waals surface area (Å²) in [6, 6.07) is 0.242. The standard InChI is InChI=1S/C18H32N4O2/c1-13(15-10-21(7)20-14(15)2)19-11-18(6)8-9-22(12-18)16(23)24-17(3,4)5/h10,13,19H,8-9,11-12H2,1-7H3/t13-,18+/m0/s1. The Balaban J connectivity index is 1.89. The van der Waals surface area contributed by atoms with Crippen molar-refractivity contribution in [3.05, 3.63) is 17.5 Å². The third-order valence-electron chi connectivity index (χ3n) is 4.56. The van der Waals surface area contributed by atoms with Gasteiger partial charge in [0.15, 0.2) is 0 Å². The van der Waals surface area contributed by atoms with E-state index in [2.05, 4.69) is 30.5 Å². The molecule has 0 saturated carbocycles. The van der Waals surface area contributed by atoms with Crippen molar-refractivity contribution in [2.45, 2.75) is 59.6 Å². The zero-order valence-electron chi connectivity index (χ0n) is 16.1. The second-order valence-corrected chi connectivity index (χ2v) is 8.41. The lowest BCUT2D eigenvalue weighted by atomic mass is 9.89. The first-order chi connectivity index (χ1) is 11.0. The van der Waals surface area contributed by atoms with Gasteiger partial charge in [-0.2, -0.15) is 5.10 Å². The summed E-state index contributed by atoms with van der Waals surface area (Å²) in [5.74, 6) is 0. The van der Waals surface area contributed by atoms with E-state index in [-0.39, 0.29) is 17.6 Å². The van der Waals surface area contributed by atoms with Crippen LogP contribution in [0.15, 0.2) is 6.20 Å². The van der Waals surface area contributed by atoms with Crippen LogP contribution in [0.1, 0.15) is 58.3 Å². The number of hydrogen-bond donors (Lipinski definition) is 1. The molecule has 0 spiro atoms. The largest absolute Gasteiger partial charge is 0.444 e. The van der Waals surface area contributed by atoms with Crippen LogP contribution in [0.2, 0.25) is 0 Å². The number of nitrogens with one attached hydrogen (secondary N) is 1. The van der Waals surface area contributed by atoms with Gasteiger partial charge >= 0.3 is 6.09 Å². The van der Waals surface area contributed by atoms with Crippen molar-refractivity contribution >= 4 is 6.09 Å². The highest BCUT2D eigenvalue weighted by molar-refractivity contribution is 5.68. The van der Waals surface area contributed by atoms with Crippen LogP contribution in [0.3, 0.4) is 0 Å². The van der Waals surface area contributed by atoms with Gasteiger partial charge < -0.3 is 15.0 Å². The van der Waals surface area contributed by atoms with Gasteiger partial charge in [-0.25, -0.2) is 4.79 Å². The Labute approximate surface area is 145 Å². The van der Waals surface area contributed by atoms with Crippen molar-refractivity contribution < 1.29 is 9.53 Å². The van der Waals surface area contributed by atoms with Gasteiger partial charge in [0.1, 0.15) is 5.60 Å². The molecule has 0 aromatic carbocycles. The fourth-order valence-corrected chi connectivity index (χ4v) is 3.20. The van der Waals surface area contributed by atoms with E-state index < -0.39 is 5.60 Å². The van der Waals surface area contributed by atoms with Gasteiger partial charge in [-0.05, 0) is 46.5 Å². The van der Waals surface area contributed by atoms with Crippen LogP contribution >= 0.6 is 0 Å². The average Bonchev–Trinajstić information content (AvgIpc) is 2.98. The van der Waals surface area contributed by atoms with E-state index in [1.807, 2.05) is 44.3 Å². The lowest BCUT2D eigenvalue weighted by molar-refractivity contribution is 0.0275. The van der Waals surface area contributed by atoms with Crippen LogP contribution in [0.25, 0.3) is 0 Å². The van der Waals surface area contributed by atoms with Gasteiger partial charge in [-0.15, -0.1) is 0 Å². The third kappa shape index (κ3) is 4.72. The fourth-order valence-electron chi connectivity index (χ4n) is 3.20. The normalized spacial score (nSPS) is 22.7. The molecule has 1 saturated heterocycles. The number of nitrogens with zero attached hydrogens (tertiary/aromatic N) is 3. The summed E-state index contributed by atoms with van der Waals surface area (Å²) in [7, 11) is 1.94. The summed E-state index contributed by atoms with van der Waals surface area (Å²) in [4.78, 5) is 14.1. The molecule has 1 N–H and O–H groups in total. The molecule has 2 atom stereocenters.